The Morgan fingerprint density at radius 3 is 2.50 bits per heavy atom. The lowest BCUT2D eigenvalue weighted by Crippen LogP contribution is -2.23. The van der Waals surface area contributed by atoms with Crippen LogP contribution in [0.3, 0.4) is 0 Å². The van der Waals surface area contributed by atoms with Crippen LogP contribution in [0.1, 0.15) is 6.92 Å². The summed E-state index contributed by atoms with van der Waals surface area (Å²) in [6.07, 6.45) is 0. The molecule has 22 heavy (non-hydrogen) atoms. The number of hydrogen-bond donors (Lipinski definition) is 3. The third-order valence-electron chi connectivity index (χ3n) is 2.51. The third-order valence-corrected chi connectivity index (χ3v) is 4.29. The molecular weight excluding hydrogens is 347 g/mol. The minimum absolute atomic E-state index is 0.000457. The molecular formula is C12H12Cl2N6OS. The summed E-state index contributed by atoms with van der Waals surface area (Å²) in [7, 11) is 0. The Labute approximate surface area is 140 Å². The molecule has 0 fully saturated rings. The van der Waals surface area contributed by atoms with Crippen molar-refractivity contribution in [3.8, 4) is 0 Å². The first-order valence-electron chi connectivity index (χ1n) is 6.05. The number of benzene rings is 1. The lowest BCUT2D eigenvalue weighted by molar-refractivity contribution is -0.115. The largest absolute Gasteiger partial charge is 0.368 e. The second-order valence-corrected chi connectivity index (χ2v) is 6.28. The number of nitrogens with one attached hydrogen (secondary N) is 1. The number of carbonyl (C=O) groups excluding carboxylic acids is 1. The zero-order chi connectivity index (χ0) is 16.3. The van der Waals surface area contributed by atoms with Crippen LogP contribution >= 0.6 is 35.0 Å². The van der Waals surface area contributed by atoms with Crippen molar-refractivity contribution in [2.75, 3.05) is 16.8 Å². The number of thioether (sulfide) groups is 1. The summed E-state index contributed by atoms with van der Waals surface area (Å²) in [6, 6.07) is 4.98. The van der Waals surface area contributed by atoms with Crippen LogP contribution in [0.4, 0.5) is 17.6 Å². The van der Waals surface area contributed by atoms with E-state index in [0.29, 0.717) is 10.7 Å². The third kappa shape index (κ3) is 4.12. The van der Waals surface area contributed by atoms with Crippen LogP contribution in [-0.4, -0.2) is 26.1 Å². The van der Waals surface area contributed by atoms with Crippen molar-refractivity contribution >= 4 is 58.5 Å². The second kappa shape index (κ2) is 6.99. The van der Waals surface area contributed by atoms with Crippen molar-refractivity contribution < 1.29 is 4.79 Å². The molecule has 0 spiro atoms. The molecule has 0 saturated carbocycles. The number of carbonyl (C=O) groups is 1. The standard InChI is InChI=1S/C12H12Cl2N6OS/c1-5(22-12-19-10(15)18-11(16)20-12)9(21)17-7-4-2-3-6(13)8(7)14/h2-5H,1H3,(H,17,21)(H4,15,16,18,19,20)/t5-/m0/s1. The van der Waals surface area contributed by atoms with Crippen molar-refractivity contribution in [3.63, 3.8) is 0 Å². The van der Waals surface area contributed by atoms with Crippen molar-refractivity contribution in [1.29, 1.82) is 0 Å². The molecule has 1 atom stereocenters. The van der Waals surface area contributed by atoms with Crippen LogP contribution in [0.5, 0.6) is 0 Å². The van der Waals surface area contributed by atoms with Gasteiger partial charge in [0.1, 0.15) is 0 Å². The number of nitrogens with two attached hydrogens (primary N) is 2. The highest BCUT2D eigenvalue weighted by Crippen LogP contribution is 2.30. The zero-order valence-corrected chi connectivity index (χ0v) is 13.7. The van der Waals surface area contributed by atoms with Gasteiger partial charge < -0.3 is 16.8 Å². The maximum absolute atomic E-state index is 12.2. The van der Waals surface area contributed by atoms with Gasteiger partial charge in [-0.25, -0.2) is 0 Å². The average Bonchev–Trinajstić information content (AvgIpc) is 2.42. The molecule has 0 bridgehead atoms. The van der Waals surface area contributed by atoms with E-state index in [0.717, 1.165) is 11.8 Å². The molecule has 2 aromatic rings. The lowest BCUT2D eigenvalue weighted by atomic mass is 10.3. The number of anilines is 3. The highest BCUT2D eigenvalue weighted by molar-refractivity contribution is 8.00. The van der Waals surface area contributed by atoms with Crippen LogP contribution in [0.2, 0.25) is 10.0 Å². The molecule has 116 valence electrons. The normalized spacial score (nSPS) is 12.0. The van der Waals surface area contributed by atoms with E-state index in [-0.39, 0.29) is 28.0 Å². The van der Waals surface area contributed by atoms with Crippen LogP contribution in [0.25, 0.3) is 0 Å². The van der Waals surface area contributed by atoms with E-state index in [1.54, 1.807) is 25.1 Å². The highest BCUT2D eigenvalue weighted by atomic mass is 35.5. The lowest BCUT2D eigenvalue weighted by Gasteiger charge is -2.12. The Balaban J connectivity index is 2.07. The molecule has 7 nitrogen and oxygen atoms in total. The molecule has 1 amide bonds. The smallest absolute Gasteiger partial charge is 0.237 e. The van der Waals surface area contributed by atoms with E-state index in [1.165, 1.54) is 0 Å². The second-order valence-electron chi connectivity index (χ2n) is 4.19. The van der Waals surface area contributed by atoms with Crippen LogP contribution < -0.4 is 16.8 Å². The Hall–Kier alpha value is -1.77. The summed E-state index contributed by atoms with van der Waals surface area (Å²) in [5.41, 5.74) is 11.4. The molecule has 10 heteroatoms. The van der Waals surface area contributed by atoms with Gasteiger partial charge in [0.25, 0.3) is 0 Å². The van der Waals surface area contributed by atoms with Gasteiger partial charge in [-0.3, -0.25) is 4.79 Å². The van der Waals surface area contributed by atoms with Gasteiger partial charge in [-0.2, -0.15) is 15.0 Å². The fourth-order valence-electron chi connectivity index (χ4n) is 1.49. The van der Waals surface area contributed by atoms with Gasteiger partial charge in [0, 0.05) is 0 Å². The van der Waals surface area contributed by atoms with Crippen molar-refractivity contribution in [2.24, 2.45) is 0 Å². The van der Waals surface area contributed by atoms with E-state index in [1.807, 2.05) is 0 Å². The van der Waals surface area contributed by atoms with E-state index < -0.39 is 5.25 Å². The quantitative estimate of drug-likeness (QED) is 0.717. The number of nitrogen functional groups attached to an aromatic ring is 2. The van der Waals surface area contributed by atoms with Crippen molar-refractivity contribution in [1.82, 2.24) is 15.0 Å². The van der Waals surface area contributed by atoms with Crippen LogP contribution in [0.15, 0.2) is 23.4 Å². The summed E-state index contributed by atoms with van der Waals surface area (Å²) < 4.78 is 0. The fourth-order valence-corrected chi connectivity index (χ4v) is 2.61. The van der Waals surface area contributed by atoms with Crippen LogP contribution in [-0.2, 0) is 4.79 Å². The number of rotatable bonds is 4. The molecule has 1 heterocycles. The predicted molar refractivity (Wildman–Crippen MR) is 89.1 cm³/mol. The average molecular weight is 359 g/mol. The van der Waals surface area contributed by atoms with Crippen molar-refractivity contribution in [3.05, 3.63) is 28.2 Å². The monoisotopic (exact) mass is 358 g/mol. The number of aromatic nitrogens is 3. The molecule has 0 aliphatic rings. The number of amides is 1. The molecule has 0 radical (unpaired) electrons. The zero-order valence-electron chi connectivity index (χ0n) is 11.4. The van der Waals surface area contributed by atoms with Crippen LogP contribution in [0, 0.1) is 0 Å². The van der Waals surface area contributed by atoms with E-state index in [4.69, 9.17) is 34.7 Å². The molecule has 0 saturated heterocycles. The van der Waals surface area contributed by atoms with E-state index in [2.05, 4.69) is 20.3 Å². The SMILES string of the molecule is C[C@H](Sc1nc(N)nc(N)n1)C(=O)Nc1cccc(Cl)c1Cl. The minimum atomic E-state index is -0.503. The van der Waals surface area contributed by atoms with Gasteiger partial charge in [0.2, 0.25) is 17.8 Å². The van der Waals surface area contributed by atoms with E-state index in [9.17, 15) is 4.79 Å². The van der Waals surface area contributed by atoms with Gasteiger partial charge >= 0.3 is 0 Å². The van der Waals surface area contributed by atoms with Crippen molar-refractivity contribution in [2.45, 2.75) is 17.3 Å². The maximum Gasteiger partial charge on any atom is 0.237 e. The molecule has 0 aliphatic carbocycles. The summed E-state index contributed by atoms with van der Waals surface area (Å²) in [5, 5.41) is 3.10. The molecule has 0 aliphatic heterocycles. The van der Waals surface area contributed by atoms with Gasteiger partial charge in [-0.05, 0) is 19.1 Å². The molecule has 0 unspecified atom stereocenters. The summed E-state index contributed by atoms with van der Waals surface area (Å²) in [5.74, 6) is -0.285. The Bertz CT molecular complexity index is 694. The maximum atomic E-state index is 12.2. The first-order chi connectivity index (χ1) is 10.4. The summed E-state index contributed by atoms with van der Waals surface area (Å²) in [4.78, 5) is 23.7. The molecule has 1 aromatic carbocycles. The predicted octanol–water partition coefficient (Wildman–Crippen LogP) is 2.46. The van der Waals surface area contributed by atoms with E-state index >= 15 is 0 Å². The molecule has 1 aromatic heterocycles. The topological polar surface area (TPSA) is 120 Å². The minimum Gasteiger partial charge on any atom is -0.368 e. The number of hydrogen-bond acceptors (Lipinski definition) is 7. The number of nitrogens with zero attached hydrogens (tertiary/aromatic N) is 3. The summed E-state index contributed by atoms with van der Waals surface area (Å²) >= 11 is 13.0. The Kier molecular flexibility index (Phi) is 5.28. The highest BCUT2D eigenvalue weighted by Gasteiger charge is 2.18. The summed E-state index contributed by atoms with van der Waals surface area (Å²) in [6.45, 7) is 1.69. The van der Waals surface area contributed by atoms with Gasteiger partial charge in [-0.15, -0.1) is 0 Å². The number of halogens is 2. The first kappa shape index (κ1) is 16.6. The molecule has 2 rings (SSSR count). The Morgan fingerprint density at radius 1 is 1.23 bits per heavy atom. The molecule has 5 N–H and O–H groups in total. The van der Waals surface area contributed by atoms with Gasteiger partial charge in [-0.1, -0.05) is 41.0 Å². The first-order valence-corrected chi connectivity index (χ1v) is 7.69. The van der Waals surface area contributed by atoms with Gasteiger partial charge in [0.15, 0.2) is 5.16 Å². The fraction of sp³-hybridized carbons (Fsp3) is 0.167. The van der Waals surface area contributed by atoms with Gasteiger partial charge in [0.05, 0.1) is 21.0 Å². The Morgan fingerprint density at radius 2 is 1.86 bits per heavy atom.